The van der Waals surface area contributed by atoms with Crippen molar-refractivity contribution in [3.8, 4) is 0 Å². The monoisotopic (exact) mass is 126 g/mol. The lowest BCUT2D eigenvalue weighted by atomic mass is 10.3. The van der Waals surface area contributed by atoms with Gasteiger partial charge in [0, 0.05) is 12.4 Å². The molecular weight excluding hydrogens is 116 g/mol. The van der Waals surface area contributed by atoms with Gasteiger partial charge < -0.3 is 10.4 Å². The highest BCUT2D eigenvalue weighted by Gasteiger charge is 2.03. The largest absolute Gasteiger partial charge is 0.387 e. The standard InChI is InChI=1S/C6H10N2O/c1-5(9)6-4-7-2-3-8-6/h2,4-5,8-9H,3H2,1H3. The normalized spacial score (nSPS) is 20.4. The summed E-state index contributed by atoms with van der Waals surface area (Å²) in [6.07, 6.45) is 2.96. The summed E-state index contributed by atoms with van der Waals surface area (Å²) in [5, 5.41) is 12.0. The topological polar surface area (TPSA) is 44.6 Å². The van der Waals surface area contributed by atoms with Crippen molar-refractivity contribution >= 4 is 6.21 Å². The summed E-state index contributed by atoms with van der Waals surface area (Å²) in [7, 11) is 0. The Bertz CT molecular complexity index is 149. The Morgan fingerprint density at radius 2 is 2.67 bits per heavy atom. The van der Waals surface area contributed by atoms with Crippen LogP contribution in [0.15, 0.2) is 16.9 Å². The van der Waals surface area contributed by atoms with Crippen molar-refractivity contribution in [2.24, 2.45) is 4.99 Å². The van der Waals surface area contributed by atoms with Gasteiger partial charge in [-0.15, -0.1) is 0 Å². The Morgan fingerprint density at radius 3 is 3.00 bits per heavy atom. The molecule has 3 heteroatoms. The van der Waals surface area contributed by atoms with Crippen LogP contribution in [0.4, 0.5) is 0 Å². The van der Waals surface area contributed by atoms with Crippen molar-refractivity contribution < 1.29 is 5.11 Å². The van der Waals surface area contributed by atoms with E-state index in [1.165, 1.54) is 0 Å². The Morgan fingerprint density at radius 1 is 1.89 bits per heavy atom. The Hall–Kier alpha value is -0.830. The van der Waals surface area contributed by atoms with Crippen LogP contribution in [0.2, 0.25) is 0 Å². The zero-order valence-electron chi connectivity index (χ0n) is 5.33. The lowest BCUT2D eigenvalue weighted by molar-refractivity contribution is 0.223. The first-order valence-corrected chi connectivity index (χ1v) is 2.94. The van der Waals surface area contributed by atoms with Crippen LogP contribution in [-0.4, -0.2) is 24.0 Å². The SMILES string of the molecule is CC(O)C1=CN=CCN1. The van der Waals surface area contributed by atoms with Crippen molar-refractivity contribution in [2.45, 2.75) is 13.0 Å². The maximum atomic E-state index is 8.97. The molecule has 0 amide bonds. The van der Waals surface area contributed by atoms with Gasteiger partial charge in [0.2, 0.25) is 0 Å². The van der Waals surface area contributed by atoms with Crippen LogP contribution >= 0.6 is 0 Å². The third kappa shape index (κ3) is 1.54. The molecule has 1 atom stereocenters. The third-order valence-corrected chi connectivity index (χ3v) is 1.17. The molecule has 1 aliphatic heterocycles. The van der Waals surface area contributed by atoms with E-state index in [-0.39, 0.29) is 0 Å². The van der Waals surface area contributed by atoms with Crippen LogP contribution in [0.5, 0.6) is 0 Å². The summed E-state index contributed by atoms with van der Waals surface area (Å²) in [4.78, 5) is 3.87. The molecule has 0 aromatic rings. The van der Waals surface area contributed by atoms with Gasteiger partial charge in [0.15, 0.2) is 0 Å². The van der Waals surface area contributed by atoms with Crippen LogP contribution in [0.1, 0.15) is 6.92 Å². The van der Waals surface area contributed by atoms with E-state index >= 15 is 0 Å². The lowest BCUT2D eigenvalue weighted by Crippen LogP contribution is -2.25. The van der Waals surface area contributed by atoms with Crippen LogP contribution in [0.25, 0.3) is 0 Å². The molecule has 0 aliphatic carbocycles. The number of nitrogens with one attached hydrogen (secondary N) is 1. The van der Waals surface area contributed by atoms with Gasteiger partial charge in [-0.2, -0.15) is 0 Å². The van der Waals surface area contributed by atoms with Gasteiger partial charge in [-0.1, -0.05) is 0 Å². The second-order valence-electron chi connectivity index (χ2n) is 1.97. The molecule has 1 unspecified atom stereocenters. The number of aliphatic hydroxyl groups excluding tert-OH is 1. The molecule has 0 fully saturated rings. The molecule has 0 radical (unpaired) electrons. The first-order valence-electron chi connectivity index (χ1n) is 2.94. The zero-order valence-corrected chi connectivity index (χ0v) is 5.33. The molecule has 0 aromatic carbocycles. The predicted octanol–water partition coefficient (Wildman–Crippen LogP) is -0.117. The molecule has 3 nitrogen and oxygen atoms in total. The second-order valence-corrected chi connectivity index (χ2v) is 1.97. The summed E-state index contributed by atoms with van der Waals surface area (Å²) >= 11 is 0. The van der Waals surface area contributed by atoms with Gasteiger partial charge in [-0.25, -0.2) is 0 Å². The minimum atomic E-state index is -0.428. The average molecular weight is 126 g/mol. The van der Waals surface area contributed by atoms with E-state index < -0.39 is 6.10 Å². The molecule has 1 rings (SSSR count). The number of aliphatic hydroxyl groups is 1. The molecule has 9 heavy (non-hydrogen) atoms. The lowest BCUT2D eigenvalue weighted by Gasteiger charge is -2.12. The molecule has 50 valence electrons. The smallest absolute Gasteiger partial charge is 0.0922 e. The zero-order chi connectivity index (χ0) is 6.69. The Labute approximate surface area is 54.1 Å². The van der Waals surface area contributed by atoms with E-state index in [4.69, 9.17) is 5.11 Å². The highest BCUT2D eigenvalue weighted by atomic mass is 16.3. The van der Waals surface area contributed by atoms with Gasteiger partial charge in [-0.3, -0.25) is 4.99 Å². The van der Waals surface area contributed by atoms with Gasteiger partial charge in [0.05, 0.1) is 18.3 Å². The number of nitrogens with zero attached hydrogens (tertiary/aromatic N) is 1. The Balaban J connectivity index is 2.57. The van der Waals surface area contributed by atoms with Gasteiger partial charge >= 0.3 is 0 Å². The van der Waals surface area contributed by atoms with Crippen molar-refractivity contribution in [3.63, 3.8) is 0 Å². The molecule has 0 bridgehead atoms. The third-order valence-electron chi connectivity index (χ3n) is 1.17. The maximum absolute atomic E-state index is 8.97. The summed E-state index contributed by atoms with van der Waals surface area (Å²) in [6, 6.07) is 0. The second kappa shape index (κ2) is 2.64. The molecule has 0 saturated heterocycles. The number of rotatable bonds is 1. The molecule has 0 aromatic heterocycles. The molecule has 0 spiro atoms. The maximum Gasteiger partial charge on any atom is 0.0922 e. The molecular formula is C6H10N2O. The average Bonchev–Trinajstić information content (AvgIpc) is 1.90. The summed E-state index contributed by atoms with van der Waals surface area (Å²) < 4.78 is 0. The fourth-order valence-electron chi connectivity index (χ4n) is 0.650. The quantitative estimate of drug-likeness (QED) is 0.514. The van der Waals surface area contributed by atoms with E-state index in [9.17, 15) is 0 Å². The fraction of sp³-hybridized carbons (Fsp3) is 0.500. The summed E-state index contributed by atoms with van der Waals surface area (Å²) in [5.41, 5.74) is 0.789. The van der Waals surface area contributed by atoms with Crippen LogP contribution in [0.3, 0.4) is 0 Å². The van der Waals surface area contributed by atoms with Crippen molar-refractivity contribution in [2.75, 3.05) is 6.54 Å². The molecule has 2 N–H and O–H groups in total. The van der Waals surface area contributed by atoms with Crippen molar-refractivity contribution in [1.82, 2.24) is 5.32 Å². The fourth-order valence-corrected chi connectivity index (χ4v) is 0.650. The summed E-state index contributed by atoms with van der Waals surface area (Å²) in [6.45, 7) is 2.43. The number of hydrogen-bond acceptors (Lipinski definition) is 3. The number of aliphatic imine (C=N–C) groups is 1. The van der Waals surface area contributed by atoms with Crippen LogP contribution in [0, 0.1) is 0 Å². The van der Waals surface area contributed by atoms with Crippen molar-refractivity contribution in [1.29, 1.82) is 0 Å². The summed E-state index contributed by atoms with van der Waals surface area (Å²) in [5.74, 6) is 0. The van der Waals surface area contributed by atoms with Crippen molar-refractivity contribution in [3.05, 3.63) is 11.9 Å². The van der Waals surface area contributed by atoms with Gasteiger partial charge in [-0.05, 0) is 6.92 Å². The van der Waals surface area contributed by atoms with E-state index in [2.05, 4.69) is 10.3 Å². The number of hydrogen-bond donors (Lipinski definition) is 2. The van der Waals surface area contributed by atoms with Gasteiger partial charge in [0.1, 0.15) is 0 Å². The highest BCUT2D eigenvalue weighted by molar-refractivity contribution is 5.62. The minimum Gasteiger partial charge on any atom is -0.387 e. The Kier molecular flexibility index (Phi) is 1.85. The van der Waals surface area contributed by atoms with E-state index in [1.54, 1.807) is 19.3 Å². The van der Waals surface area contributed by atoms with E-state index in [0.29, 0.717) is 0 Å². The van der Waals surface area contributed by atoms with E-state index in [1.807, 2.05) is 0 Å². The first kappa shape index (κ1) is 6.29. The van der Waals surface area contributed by atoms with Crippen LogP contribution in [-0.2, 0) is 0 Å². The molecule has 1 aliphatic rings. The minimum absolute atomic E-state index is 0.428. The van der Waals surface area contributed by atoms with Gasteiger partial charge in [0.25, 0.3) is 0 Å². The molecule has 1 heterocycles. The highest BCUT2D eigenvalue weighted by Crippen LogP contribution is 1.98. The van der Waals surface area contributed by atoms with E-state index in [0.717, 1.165) is 12.2 Å². The molecule has 0 saturated carbocycles. The van der Waals surface area contributed by atoms with Crippen LogP contribution < -0.4 is 5.32 Å². The first-order chi connectivity index (χ1) is 4.30. The predicted molar refractivity (Wildman–Crippen MR) is 36.3 cm³/mol.